The minimum atomic E-state index is -0.385. The minimum Gasteiger partial charge on any atom is -0.491 e. The molecule has 0 atom stereocenters. The number of aromatic nitrogens is 1. The normalized spacial score (nSPS) is 10.6. The lowest BCUT2D eigenvalue weighted by Crippen LogP contribution is -2.49. The molecular formula is C21H22N4O3S. The number of para-hydroxylation sites is 1. The largest absolute Gasteiger partial charge is 0.491 e. The van der Waals surface area contributed by atoms with Crippen LogP contribution in [-0.4, -0.2) is 27.6 Å². The molecule has 0 fully saturated rings. The van der Waals surface area contributed by atoms with E-state index < -0.39 is 0 Å². The third kappa shape index (κ3) is 5.55. The highest BCUT2D eigenvalue weighted by Gasteiger charge is 2.10. The Bertz CT molecular complexity index is 1030. The molecule has 150 valence electrons. The summed E-state index contributed by atoms with van der Waals surface area (Å²) in [5.41, 5.74) is 6.42. The molecule has 3 N–H and O–H groups in total. The number of ether oxygens (including phenoxy) is 1. The average Bonchev–Trinajstić information content (AvgIpc) is 3.09. The number of fused-ring (bicyclic) bond motifs is 1. The Labute approximate surface area is 174 Å². The Hall–Kier alpha value is -3.39. The third-order valence-corrected chi connectivity index (χ3v) is 4.23. The van der Waals surface area contributed by atoms with E-state index in [9.17, 15) is 9.59 Å². The van der Waals surface area contributed by atoms with Crippen molar-refractivity contribution in [3.8, 4) is 5.75 Å². The van der Waals surface area contributed by atoms with Gasteiger partial charge in [0, 0.05) is 17.3 Å². The molecule has 2 amide bonds. The van der Waals surface area contributed by atoms with Crippen LogP contribution in [0.15, 0.2) is 60.8 Å². The number of nitrogens with zero attached hydrogens (tertiary/aromatic N) is 1. The van der Waals surface area contributed by atoms with Crippen molar-refractivity contribution in [1.82, 2.24) is 20.7 Å². The van der Waals surface area contributed by atoms with Gasteiger partial charge in [0.15, 0.2) is 5.11 Å². The van der Waals surface area contributed by atoms with E-state index in [2.05, 4.69) is 16.2 Å². The molecule has 0 unspecified atom stereocenters. The van der Waals surface area contributed by atoms with E-state index in [1.807, 2.05) is 54.9 Å². The molecule has 0 aliphatic rings. The van der Waals surface area contributed by atoms with Crippen molar-refractivity contribution in [3.05, 3.63) is 66.4 Å². The monoisotopic (exact) mass is 410 g/mol. The predicted octanol–water partition coefficient (Wildman–Crippen LogP) is 2.76. The van der Waals surface area contributed by atoms with Gasteiger partial charge in [-0.15, -0.1) is 0 Å². The van der Waals surface area contributed by atoms with Crippen LogP contribution >= 0.6 is 12.2 Å². The number of carbonyl (C=O) groups excluding carboxylic acids is 2. The van der Waals surface area contributed by atoms with Crippen molar-refractivity contribution >= 4 is 40.0 Å². The molecule has 0 radical (unpaired) electrons. The molecule has 0 saturated heterocycles. The van der Waals surface area contributed by atoms with Crippen LogP contribution in [-0.2, 0) is 11.3 Å². The first kappa shape index (κ1) is 20.3. The second-order valence-electron chi connectivity index (χ2n) is 6.65. The van der Waals surface area contributed by atoms with Gasteiger partial charge < -0.3 is 9.30 Å². The van der Waals surface area contributed by atoms with Crippen LogP contribution < -0.4 is 20.9 Å². The van der Waals surface area contributed by atoms with E-state index in [0.29, 0.717) is 11.3 Å². The van der Waals surface area contributed by atoms with Gasteiger partial charge in [0.25, 0.3) is 11.8 Å². The number of hydrogen-bond donors (Lipinski definition) is 3. The SMILES string of the molecule is CC(C)Oc1ccc(C(=O)NC(=S)NNC(=O)Cn2ccc3ccccc32)cc1. The van der Waals surface area contributed by atoms with Gasteiger partial charge in [0.2, 0.25) is 0 Å². The van der Waals surface area contributed by atoms with Crippen molar-refractivity contribution in [2.75, 3.05) is 0 Å². The highest BCUT2D eigenvalue weighted by Crippen LogP contribution is 2.15. The summed E-state index contributed by atoms with van der Waals surface area (Å²) in [7, 11) is 0. The fourth-order valence-electron chi connectivity index (χ4n) is 2.76. The highest BCUT2D eigenvalue weighted by atomic mass is 32.1. The van der Waals surface area contributed by atoms with Crippen molar-refractivity contribution in [2.24, 2.45) is 0 Å². The average molecular weight is 410 g/mol. The number of carbonyl (C=O) groups is 2. The molecule has 29 heavy (non-hydrogen) atoms. The second kappa shape index (κ2) is 9.20. The standard InChI is InChI=1S/C21H22N4O3S/c1-14(2)28-17-9-7-16(8-10-17)20(27)22-21(29)24-23-19(26)13-25-12-11-15-5-3-4-6-18(15)25/h3-12,14H,13H2,1-2H3,(H,23,26)(H2,22,24,27,29). The first-order chi connectivity index (χ1) is 13.9. The molecule has 2 aromatic carbocycles. The number of nitrogens with one attached hydrogen (secondary N) is 3. The van der Waals surface area contributed by atoms with E-state index in [-0.39, 0.29) is 29.6 Å². The third-order valence-electron chi connectivity index (χ3n) is 4.02. The first-order valence-electron chi connectivity index (χ1n) is 9.13. The molecule has 0 bridgehead atoms. The number of benzene rings is 2. The van der Waals surface area contributed by atoms with E-state index >= 15 is 0 Å². The Morgan fingerprint density at radius 2 is 1.76 bits per heavy atom. The number of hydrazine groups is 1. The second-order valence-corrected chi connectivity index (χ2v) is 7.06. The minimum absolute atomic E-state index is 0.00298. The molecule has 0 aliphatic heterocycles. The highest BCUT2D eigenvalue weighted by molar-refractivity contribution is 7.80. The van der Waals surface area contributed by atoms with Crippen LogP contribution in [0.2, 0.25) is 0 Å². The van der Waals surface area contributed by atoms with Gasteiger partial charge in [-0.3, -0.25) is 25.8 Å². The van der Waals surface area contributed by atoms with Crippen LogP contribution in [0, 0.1) is 0 Å². The van der Waals surface area contributed by atoms with E-state index in [4.69, 9.17) is 17.0 Å². The van der Waals surface area contributed by atoms with Crippen molar-refractivity contribution < 1.29 is 14.3 Å². The molecule has 0 spiro atoms. The van der Waals surface area contributed by atoms with Crippen molar-refractivity contribution in [2.45, 2.75) is 26.5 Å². The number of hydrogen-bond acceptors (Lipinski definition) is 4. The lowest BCUT2D eigenvalue weighted by atomic mass is 10.2. The quantitative estimate of drug-likeness (QED) is 0.445. The molecule has 0 aliphatic carbocycles. The predicted molar refractivity (Wildman–Crippen MR) is 115 cm³/mol. The molecule has 1 heterocycles. The topological polar surface area (TPSA) is 84.4 Å². The van der Waals surface area contributed by atoms with Gasteiger partial charge in [0.05, 0.1) is 6.10 Å². The molecular weight excluding hydrogens is 388 g/mol. The Morgan fingerprint density at radius 1 is 1.03 bits per heavy atom. The van der Waals surface area contributed by atoms with Crippen LogP contribution in [0.1, 0.15) is 24.2 Å². The van der Waals surface area contributed by atoms with Crippen LogP contribution in [0.25, 0.3) is 10.9 Å². The van der Waals surface area contributed by atoms with Gasteiger partial charge in [-0.25, -0.2) is 0 Å². The van der Waals surface area contributed by atoms with Gasteiger partial charge in [-0.2, -0.15) is 0 Å². The Kier molecular flexibility index (Phi) is 6.46. The molecule has 7 nitrogen and oxygen atoms in total. The summed E-state index contributed by atoms with van der Waals surface area (Å²) in [6.07, 6.45) is 1.90. The van der Waals surface area contributed by atoms with Gasteiger partial charge in [-0.1, -0.05) is 18.2 Å². The summed E-state index contributed by atoms with van der Waals surface area (Å²) in [6.45, 7) is 3.98. The maximum atomic E-state index is 12.2. The summed E-state index contributed by atoms with van der Waals surface area (Å²) in [5, 5.41) is 3.58. The zero-order chi connectivity index (χ0) is 20.8. The first-order valence-corrected chi connectivity index (χ1v) is 9.54. The van der Waals surface area contributed by atoms with Gasteiger partial charge in [-0.05, 0) is 67.8 Å². The molecule has 0 saturated carbocycles. The lowest BCUT2D eigenvalue weighted by Gasteiger charge is -2.12. The number of thiocarbonyl (C=S) groups is 1. The molecule has 8 heteroatoms. The number of amides is 2. The summed E-state index contributed by atoms with van der Waals surface area (Å²) in [6, 6.07) is 16.5. The van der Waals surface area contributed by atoms with Crippen LogP contribution in [0.3, 0.4) is 0 Å². The molecule has 1 aromatic heterocycles. The Balaban J connectivity index is 1.47. The van der Waals surface area contributed by atoms with Crippen LogP contribution in [0.4, 0.5) is 0 Å². The summed E-state index contributed by atoms with van der Waals surface area (Å²) in [4.78, 5) is 24.4. The van der Waals surface area contributed by atoms with Crippen molar-refractivity contribution in [3.63, 3.8) is 0 Å². The van der Waals surface area contributed by atoms with Crippen LogP contribution in [0.5, 0.6) is 5.75 Å². The van der Waals surface area contributed by atoms with E-state index in [1.54, 1.807) is 24.3 Å². The molecule has 3 aromatic rings. The maximum Gasteiger partial charge on any atom is 0.258 e. The zero-order valence-corrected chi connectivity index (χ0v) is 17.0. The Morgan fingerprint density at radius 3 is 2.48 bits per heavy atom. The van der Waals surface area contributed by atoms with Gasteiger partial charge >= 0.3 is 0 Å². The number of rotatable bonds is 5. The maximum absolute atomic E-state index is 12.2. The fraction of sp³-hybridized carbons (Fsp3) is 0.190. The fourth-order valence-corrected chi connectivity index (χ4v) is 2.91. The summed E-state index contributed by atoms with van der Waals surface area (Å²) >= 11 is 5.07. The smallest absolute Gasteiger partial charge is 0.258 e. The van der Waals surface area contributed by atoms with Gasteiger partial charge in [0.1, 0.15) is 12.3 Å². The van der Waals surface area contributed by atoms with Crippen molar-refractivity contribution in [1.29, 1.82) is 0 Å². The van der Waals surface area contributed by atoms with E-state index in [1.165, 1.54) is 0 Å². The van der Waals surface area contributed by atoms with E-state index in [0.717, 1.165) is 10.9 Å². The lowest BCUT2D eigenvalue weighted by molar-refractivity contribution is -0.122. The summed E-state index contributed by atoms with van der Waals surface area (Å²) in [5.74, 6) is 0.00411. The molecule has 3 rings (SSSR count). The zero-order valence-electron chi connectivity index (χ0n) is 16.1. The summed E-state index contributed by atoms with van der Waals surface area (Å²) < 4.78 is 7.37.